The topological polar surface area (TPSA) is 86.2 Å². The van der Waals surface area contributed by atoms with Crippen LogP contribution in [0.2, 0.25) is 0 Å². The summed E-state index contributed by atoms with van der Waals surface area (Å²) in [7, 11) is 0. The van der Waals surface area contributed by atoms with Crippen LogP contribution in [0.4, 0.5) is 0 Å². The summed E-state index contributed by atoms with van der Waals surface area (Å²) in [5, 5.41) is 0. The molecule has 5 heteroatoms. The largest absolute Gasteiger partial charge is 0.321 e. The van der Waals surface area contributed by atoms with Crippen molar-refractivity contribution in [1.29, 1.82) is 0 Å². The molecule has 128 valence electrons. The Kier molecular flexibility index (Phi) is 8.52. The molecule has 0 aliphatic rings. The van der Waals surface area contributed by atoms with E-state index < -0.39 is 6.04 Å². The number of rotatable bonds is 10. The molecule has 3 atom stereocenters. The molecule has 0 aliphatic carbocycles. The van der Waals surface area contributed by atoms with Gasteiger partial charge in [-0.2, -0.15) is 11.8 Å². The number of nitrogens with two attached hydrogens (primary N) is 2. The van der Waals surface area contributed by atoms with Crippen LogP contribution in [0.15, 0.2) is 24.3 Å². The van der Waals surface area contributed by atoms with Crippen molar-refractivity contribution in [2.24, 2.45) is 17.4 Å². The number of Topliss-reactive ketones (excluding diaryl/α,β-unsaturated/α-hetero) is 2. The van der Waals surface area contributed by atoms with Gasteiger partial charge < -0.3 is 11.5 Å². The van der Waals surface area contributed by atoms with Crippen LogP contribution in [0.5, 0.6) is 0 Å². The minimum atomic E-state index is -0.468. The lowest BCUT2D eigenvalue weighted by Gasteiger charge is -2.16. The molecule has 4 N–H and O–H groups in total. The van der Waals surface area contributed by atoms with E-state index in [2.05, 4.69) is 0 Å². The molecular weight excluding hydrogens is 308 g/mol. The normalized spacial score (nSPS) is 15.0. The van der Waals surface area contributed by atoms with Crippen LogP contribution in [0, 0.1) is 5.92 Å². The van der Waals surface area contributed by atoms with Crippen LogP contribution in [-0.4, -0.2) is 35.7 Å². The second-order valence-corrected chi connectivity index (χ2v) is 7.12. The molecule has 4 nitrogen and oxygen atoms in total. The van der Waals surface area contributed by atoms with Gasteiger partial charge in [0.05, 0.1) is 12.1 Å². The molecule has 0 saturated carbocycles. The van der Waals surface area contributed by atoms with Crippen molar-refractivity contribution in [3.05, 3.63) is 35.4 Å². The molecule has 0 saturated heterocycles. The summed E-state index contributed by atoms with van der Waals surface area (Å²) in [6.45, 7) is 3.43. The molecule has 1 aromatic rings. The summed E-state index contributed by atoms with van der Waals surface area (Å²) < 4.78 is 0. The lowest BCUT2D eigenvalue weighted by Crippen LogP contribution is -2.35. The Bertz CT molecular complexity index is 534. The van der Waals surface area contributed by atoms with E-state index in [1.807, 2.05) is 37.4 Å². The van der Waals surface area contributed by atoms with Gasteiger partial charge in [-0.15, -0.1) is 0 Å². The van der Waals surface area contributed by atoms with Crippen molar-refractivity contribution < 1.29 is 9.59 Å². The zero-order chi connectivity index (χ0) is 17.4. The SMILES string of the molecule is CSCC[C@H](N)C(=O)C(C)Cc1cccc(C[C@H](N)C(C)=O)c1. The lowest BCUT2D eigenvalue weighted by atomic mass is 9.91. The highest BCUT2D eigenvalue weighted by molar-refractivity contribution is 7.98. The minimum Gasteiger partial charge on any atom is -0.321 e. The molecule has 1 aromatic carbocycles. The maximum atomic E-state index is 12.3. The first-order valence-electron chi connectivity index (χ1n) is 7.97. The fourth-order valence-corrected chi connectivity index (χ4v) is 2.98. The number of ketones is 2. The van der Waals surface area contributed by atoms with E-state index >= 15 is 0 Å². The summed E-state index contributed by atoms with van der Waals surface area (Å²) in [5.41, 5.74) is 13.9. The standard InChI is InChI=1S/C18H28N2O2S/c1-12(18(22)16(19)7-8-23-3)9-14-5-4-6-15(10-14)11-17(20)13(2)21/h4-6,10,12,16-17H,7-9,11,19-20H2,1-3H3/t12?,16-,17-/m0/s1. The second-order valence-electron chi connectivity index (χ2n) is 6.14. The highest BCUT2D eigenvalue weighted by Gasteiger charge is 2.20. The van der Waals surface area contributed by atoms with Crippen LogP contribution < -0.4 is 11.5 Å². The number of benzene rings is 1. The Morgan fingerprint density at radius 3 is 2.30 bits per heavy atom. The van der Waals surface area contributed by atoms with Crippen molar-refractivity contribution in [1.82, 2.24) is 0 Å². The third-order valence-electron chi connectivity index (χ3n) is 4.00. The molecule has 1 rings (SSSR count). The van der Waals surface area contributed by atoms with Gasteiger partial charge in [-0.25, -0.2) is 0 Å². The number of hydrogen-bond acceptors (Lipinski definition) is 5. The molecule has 0 aliphatic heterocycles. The highest BCUT2D eigenvalue weighted by atomic mass is 32.2. The van der Waals surface area contributed by atoms with Crippen LogP contribution in [-0.2, 0) is 22.4 Å². The first-order chi connectivity index (χ1) is 10.8. The smallest absolute Gasteiger partial charge is 0.152 e. The first kappa shape index (κ1) is 19.9. The van der Waals surface area contributed by atoms with Gasteiger partial charge in [0.25, 0.3) is 0 Å². The monoisotopic (exact) mass is 336 g/mol. The average molecular weight is 337 g/mol. The van der Waals surface area contributed by atoms with Crippen molar-refractivity contribution in [3.63, 3.8) is 0 Å². The maximum absolute atomic E-state index is 12.3. The minimum absolute atomic E-state index is 0.0151. The summed E-state index contributed by atoms with van der Waals surface area (Å²) >= 11 is 1.70. The third-order valence-corrected chi connectivity index (χ3v) is 4.64. The van der Waals surface area contributed by atoms with Crippen LogP contribution in [0.25, 0.3) is 0 Å². The maximum Gasteiger partial charge on any atom is 0.152 e. The Morgan fingerprint density at radius 1 is 1.13 bits per heavy atom. The molecule has 0 spiro atoms. The van der Waals surface area contributed by atoms with Gasteiger partial charge in [0.2, 0.25) is 0 Å². The predicted octanol–water partition coefficient (Wildman–Crippen LogP) is 1.97. The van der Waals surface area contributed by atoms with E-state index in [0.717, 1.165) is 23.3 Å². The van der Waals surface area contributed by atoms with Gasteiger partial charge in [-0.05, 0) is 49.3 Å². The Hall–Kier alpha value is -1.17. The van der Waals surface area contributed by atoms with E-state index in [4.69, 9.17) is 11.5 Å². The van der Waals surface area contributed by atoms with Gasteiger partial charge in [0.15, 0.2) is 5.78 Å². The van der Waals surface area contributed by atoms with Crippen molar-refractivity contribution in [3.8, 4) is 0 Å². The van der Waals surface area contributed by atoms with Crippen molar-refractivity contribution in [2.45, 2.75) is 45.2 Å². The van der Waals surface area contributed by atoms with E-state index in [-0.39, 0.29) is 23.5 Å². The van der Waals surface area contributed by atoms with Crippen LogP contribution in [0.3, 0.4) is 0 Å². The molecule has 0 fully saturated rings. The summed E-state index contributed by atoms with van der Waals surface area (Å²) in [4.78, 5) is 23.6. The average Bonchev–Trinajstić information content (AvgIpc) is 2.51. The van der Waals surface area contributed by atoms with Gasteiger partial charge in [-0.3, -0.25) is 9.59 Å². The summed E-state index contributed by atoms with van der Waals surface area (Å²) in [5.74, 6) is 0.894. The van der Waals surface area contributed by atoms with E-state index in [1.165, 1.54) is 6.92 Å². The zero-order valence-electron chi connectivity index (χ0n) is 14.2. The van der Waals surface area contributed by atoms with E-state index in [0.29, 0.717) is 12.8 Å². The zero-order valence-corrected chi connectivity index (χ0v) is 15.1. The first-order valence-corrected chi connectivity index (χ1v) is 9.36. The fraction of sp³-hybridized carbons (Fsp3) is 0.556. The molecule has 23 heavy (non-hydrogen) atoms. The third kappa shape index (κ3) is 6.85. The fourth-order valence-electron chi connectivity index (χ4n) is 2.49. The Morgan fingerprint density at radius 2 is 1.74 bits per heavy atom. The molecule has 0 bridgehead atoms. The van der Waals surface area contributed by atoms with Gasteiger partial charge in [-0.1, -0.05) is 31.2 Å². The Labute approximate surface area is 143 Å². The molecule has 0 radical (unpaired) electrons. The highest BCUT2D eigenvalue weighted by Crippen LogP contribution is 2.15. The predicted molar refractivity (Wildman–Crippen MR) is 97.7 cm³/mol. The van der Waals surface area contributed by atoms with E-state index in [1.54, 1.807) is 11.8 Å². The van der Waals surface area contributed by atoms with Gasteiger partial charge >= 0.3 is 0 Å². The lowest BCUT2D eigenvalue weighted by molar-refractivity contribution is -0.123. The number of hydrogen-bond donors (Lipinski definition) is 2. The van der Waals surface area contributed by atoms with Crippen molar-refractivity contribution >= 4 is 23.3 Å². The van der Waals surface area contributed by atoms with Gasteiger partial charge in [0.1, 0.15) is 5.78 Å². The molecule has 0 aromatic heterocycles. The van der Waals surface area contributed by atoms with Gasteiger partial charge in [0, 0.05) is 5.92 Å². The summed E-state index contributed by atoms with van der Waals surface area (Å²) in [6, 6.07) is 7.08. The quantitative estimate of drug-likeness (QED) is 0.682. The summed E-state index contributed by atoms with van der Waals surface area (Å²) in [6.07, 6.45) is 3.92. The number of carbonyl (C=O) groups is 2. The van der Waals surface area contributed by atoms with Crippen LogP contribution >= 0.6 is 11.8 Å². The molecular formula is C18H28N2O2S. The van der Waals surface area contributed by atoms with Crippen molar-refractivity contribution in [2.75, 3.05) is 12.0 Å². The molecule has 1 unspecified atom stereocenters. The Balaban J connectivity index is 2.66. The molecule has 0 heterocycles. The second kappa shape index (κ2) is 9.85. The van der Waals surface area contributed by atoms with Crippen LogP contribution in [0.1, 0.15) is 31.4 Å². The van der Waals surface area contributed by atoms with E-state index in [9.17, 15) is 9.59 Å². The molecule has 0 amide bonds. The number of carbonyl (C=O) groups excluding carboxylic acids is 2. The number of thioether (sulfide) groups is 1.